The van der Waals surface area contributed by atoms with Crippen molar-refractivity contribution in [3.63, 3.8) is 0 Å². The quantitative estimate of drug-likeness (QED) is 0.394. The van der Waals surface area contributed by atoms with Gasteiger partial charge in [0, 0.05) is 32.2 Å². The van der Waals surface area contributed by atoms with Crippen LogP contribution < -0.4 is 0 Å². The number of piperidine rings is 1. The molecule has 0 atom stereocenters. The van der Waals surface area contributed by atoms with Crippen LogP contribution in [-0.4, -0.2) is 49.6 Å². The summed E-state index contributed by atoms with van der Waals surface area (Å²) in [6.07, 6.45) is 7.92. The Bertz CT molecular complexity index is 1030. The maximum absolute atomic E-state index is 6.37. The summed E-state index contributed by atoms with van der Waals surface area (Å²) in [5.74, 6) is 0. The fraction of sp³-hybridized carbons (Fsp3) is 0.360. The Balaban J connectivity index is 1.53. The molecule has 1 aliphatic rings. The van der Waals surface area contributed by atoms with Gasteiger partial charge in [0.15, 0.2) is 0 Å². The highest BCUT2D eigenvalue weighted by Crippen LogP contribution is 2.34. The van der Waals surface area contributed by atoms with Crippen molar-refractivity contribution in [2.75, 3.05) is 33.7 Å². The molecule has 0 saturated carbocycles. The van der Waals surface area contributed by atoms with Crippen molar-refractivity contribution in [3.05, 3.63) is 68.5 Å². The molecule has 5 heteroatoms. The van der Waals surface area contributed by atoms with Crippen LogP contribution in [-0.2, 0) is 6.42 Å². The number of rotatable bonds is 6. The minimum atomic E-state index is 0.665. The zero-order valence-corrected chi connectivity index (χ0v) is 19.9. The zero-order chi connectivity index (χ0) is 21.1. The predicted molar refractivity (Wildman–Crippen MR) is 134 cm³/mol. The molecule has 0 bridgehead atoms. The van der Waals surface area contributed by atoms with Gasteiger partial charge in [-0.25, -0.2) is 0 Å². The highest BCUT2D eigenvalue weighted by Gasteiger charge is 2.21. The van der Waals surface area contributed by atoms with Crippen molar-refractivity contribution in [2.24, 2.45) is 0 Å². The molecule has 1 aromatic heterocycles. The highest BCUT2D eigenvalue weighted by molar-refractivity contribution is 7.20. The first-order chi connectivity index (χ1) is 14.5. The van der Waals surface area contributed by atoms with E-state index < -0.39 is 0 Å². The molecular weight excluding hydrogens is 431 g/mol. The van der Waals surface area contributed by atoms with E-state index in [0.717, 1.165) is 24.6 Å². The molecule has 0 spiro atoms. The molecule has 1 aliphatic heterocycles. The third-order valence-electron chi connectivity index (χ3n) is 6.07. The van der Waals surface area contributed by atoms with Crippen LogP contribution in [0.3, 0.4) is 0 Å². The summed E-state index contributed by atoms with van der Waals surface area (Å²) in [6.45, 7) is 3.50. The van der Waals surface area contributed by atoms with Gasteiger partial charge in [-0.2, -0.15) is 0 Å². The molecular formula is C25H28Cl2N2S. The molecule has 0 aliphatic carbocycles. The second kappa shape index (κ2) is 9.84. The molecule has 1 saturated heterocycles. The smallest absolute Gasteiger partial charge is 0.0493 e. The van der Waals surface area contributed by atoms with Crippen LogP contribution in [0.15, 0.2) is 42.5 Å². The lowest BCUT2D eigenvalue weighted by Crippen LogP contribution is -2.42. The molecule has 2 heterocycles. The van der Waals surface area contributed by atoms with Gasteiger partial charge >= 0.3 is 0 Å². The number of fused-ring (bicyclic) bond motifs is 1. The third-order valence-corrected chi connectivity index (χ3v) is 7.81. The van der Waals surface area contributed by atoms with Crippen LogP contribution in [0, 0.1) is 0 Å². The molecule has 1 fully saturated rings. The van der Waals surface area contributed by atoms with Crippen molar-refractivity contribution >= 4 is 56.8 Å². The van der Waals surface area contributed by atoms with Crippen LogP contribution in [0.1, 0.15) is 28.8 Å². The summed E-state index contributed by atoms with van der Waals surface area (Å²) in [5.41, 5.74) is 2.45. The Hall–Kier alpha value is -1.36. The Kier molecular flexibility index (Phi) is 7.17. The van der Waals surface area contributed by atoms with Crippen LogP contribution in [0.4, 0.5) is 0 Å². The van der Waals surface area contributed by atoms with Crippen LogP contribution in [0.2, 0.25) is 10.0 Å². The highest BCUT2D eigenvalue weighted by atomic mass is 35.5. The number of hydrogen-bond acceptors (Lipinski definition) is 3. The van der Waals surface area contributed by atoms with Crippen molar-refractivity contribution < 1.29 is 0 Å². The van der Waals surface area contributed by atoms with Crippen molar-refractivity contribution in [1.29, 1.82) is 0 Å². The van der Waals surface area contributed by atoms with Gasteiger partial charge in [-0.05, 0) is 87.2 Å². The van der Waals surface area contributed by atoms with Gasteiger partial charge in [-0.3, -0.25) is 0 Å². The minimum absolute atomic E-state index is 0.665. The van der Waals surface area contributed by atoms with E-state index in [1.54, 1.807) is 6.07 Å². The second-order valence-corrected chi connectivity index (χ2v) is 10.2. The van der Waals surface area contributed by atoms with E-state index in [1.165, 1.54) is 46.5 Å². The lowest BCUT2D eigenvalue weighted by molar-refractivity contribution is 0.146. The fourth-order valence-electron chi connectivity index (χ4n) is 4.24. The van der Waals surface area contributed by atoms with E-state index in [4.69, 9.17) is 23.2 Å². The van der Waals surface area contributed by atoms with Gasteiger partial charge in [-0.1, -0.05) is 53.5 Å². The summed E-state index contributed by atoms with van der Waals surface area (Å²) >= 11 is 14.3. The monoisotopic (exact) mass is 458 g/mol. The van der Waals surface area contributed by atoms with E-state index in [0.29, 0.717) is 10.0 Å². The molecule has 2 nitrogen and oxygen atoms in total. The van der Waals surface area contributed by atoms with Gasteiger partial charge in [0.2, 0.25) is 0 Å². The Morgan fingerprint density at radius 2 is 1.83 bits per heavy atom. The van der Waals surface area contributed by atoms with Crippen molar-refractivity contribution in [2.45, 2.75) is 25.3 Å². The molecule has 158 valence electrons. The van der Waals surface area contributed by atoms with Crippen LogP contribution >= 0.6 is 34.5 Å². The van der Waals surface area contributed by atoms with Gasteiger partial charge in [0.05, 0.1) is 0 Å². The average Bonchev–Trinajstić information content (AvgIpc) is 3.09. The number of halogens is 2. The number of thiophene rings is 1. The van der Waals surface area contributed by atoms with Gasteiger partial charge in [0.25, 0.3) is 0 Å². The van der Waals surface area contributed by atoms with Crippen molar-refractivity contribution in [1.82, 2.24) is 9.80 Å². The summed E-state index contributed by atoms with van der Waals surface area (Å²) in [4.78, 5) is 6.32. The molecule has 0 N–H and O–H groups in total. The lowest BCUT2D eigenvalue weighted by Gasteiger charge is -2.35. The van der Waals surface area contributed by atoms with E-state index in [9.17, 15) is 0 Å². The molecule has 2 aromatic carbocycles. The number of likely N-dealkylation sites (tertiary alicyclic amines) is 1. The topological polar surface area (TPSA) is 6.48 Å². The first-order valence-corrected chi connectivity index (χ1v) is 12.1. The number of benzene rings is 2. The zero-order valence-electron chi connectivity index (χ0n) is 17.6. The summed E-state index contributed by atoms with van der Waals surface area (Å²) in [6, 6.07) is 15.1. The first-order valence-electron chi connectivity index (χ1n) is 10.5. The van der Waals surface area contributed by atoms with Crippen molar-refractivity contribution in [3.8, 4) is 0 Å². The maximum atomic E-state index is 6.37. The molecule has 3 aromatic rings. The summed E-state index contributed by atoms with van der Waals surface area (Å²) < 4.78 is 1.35. The minimum Gasteiger partial charge on any atom is -0.306 e. The van der Waals surface area contributed by atoms with Gasteiger partial charge in [-0.15, -0.1) is 11.3 Å². The van der Waals surface area contributed by atoms with E-state index in [1.807, 2.05) is 23.5 Å². The molecule has 0 amide bonds. The summed E-state index contributed by atoms with van der Waals surface area (Å²) in [5, 5.41) is 2.73. The summed E-state index contributed by atoms with van der Waals surface area (Å²) in [7, 11) is 4.40. The molecule has 0 unspecified atom stereocenters. The largest absolute Gasteiger partial charge is 0.306 e. The SMILES string of the molecule is CN(C)C1CCN(CCc2c(/C=C/c3ccc(Cl)cc3Cl)sc3ccccc23)CC1. The molecule has 4 rings (SSSR count). The Labute approximate surface area is 193 Å². The first kappa shape index (κ1) is 21.9. The van der Waals surface area contributed by atoms with E-state index >= 15 is 0 Å². The van der Waals surface area contributed by atoms with Crippen LogP contribution in [0.5, 0.6) is 0 Å². The standard InChI is InChI=1S/C25H28Cl2N2S/c1-28(2)20-11-14-29(15-12-20)16-13-22-21-5-3-4-6-24(21)30-25(22)10-8-18-7-9-19(26)17-23(18)27/h3-10,17,20H,11-16H2,1-2H3/b10-8+. The fourth-order valence-corrected chi connectivity index (χ4v) is 5.87. The second-order valence-electron chi connectivity index (χ2n) is 8.23. The Morgan fingerprint density at radius 3 is 2.57 bits per heavy atom. The third kappa shape index (κ3) is 5.09. The van der Waals surface area contributed by atoms with E-state index in [-0.39, 0.29) is 0 Å². The molecule has 0 radical (unpaired) electrons. The number of nitrogens with zero attached hydrogens (tertiary/aromatic N) is 2. The lowest BCUT2D eigenvalue weighted by atomic mass is 10.0. The van der Waals surface area contributed by atoms with Crippen LogP contribution in [0.25, 0.3) is 22.2 Å². The average molecular weight is 459 g/mol. The normalized spacial score (nSPS) is 16.3. The predicted octanol–water partition coefficient (Wildman–Crippen LogP) is 6.95. The van der Waals surface area contributed by atoms with E-state index in [2.05, 4.69) is 60.3 Å². The number of hydrogen-bond donors (Lipinski definition) is 0. The van der Waals surface area contributed by atoms with Gasteiger partial charge in [0.1, 0.15) is 0 Å². The maximum Gasteiger partial charge on any atom is 0.0493 e. The van der Waals surface area contributed by atoms with Gasteiger partial charge < -0.3 is 9.80 Å². The Morgan fingerprint density at radius 1 is 1.07 bits per heavy atom. The molecule has 30 heavy (non-hydrogen) atoms.